The molecule has 0 aliphatic carbocycles. The molecule has 1 aliphatic heterocycles. The van der Waals surface area contributed by atoms with Gasteiger partial charge in [0.15, 0.2) is 5.82 Å². The van der Waals surface area contributed by atoms with Gasteiger partial charge in [-0.05, 0) is 39.0 Å². The fourth-order valence-corrected chi connectivity index (χ4v) is 4.22. The lowest BCUT2D eigenvalue weighted by Crippen LogP contribution is -2.54. The highest BCUT2D eigenvalue weighted by atomic mass is 16.5. The van der Waals surface area contributed by atoms with Crippen LogP contribution in [0.2, 0.25) is 0 Å². The van der Waals surface area contributed by atoms with Crippen LogP contribution in [0.25, 0.3) is 28.1 Å². The summed E-state index contributed by atoms with van der Waals surface area (Å²) in [5, 5.41) is 4.59. The number of methoxy groups -OCH3 is 1. The van der Waals surface area contributed by atoms with E-state index in [4.69, 9.17) is 9.72 Å². The Morgan fingerprint density at radius 3 is 2.63 bits per heavy atom. The van der Waals surface area contributed by atoms with Gasteiger partial charge < -0.3 is 15.0 Å². The molecule has 154 valence electrons. The van der Waals surface area contributed by atoms with E-state index < -0.39 is 0 Å². The Bertz CT molecular complexity index is 1230. The van der Waals surface area contributed by atoms with E-state index in [-0.39, 0.29) is 0 Å². The van der Waals surface area contributed by atoms with Gasteiger partial charge in [-0.2, -0.15) is 0 Å². The van der Waals surface area contributed by atoms with E-state index in [2.05, 4.69) is 57.2 Å². The first-order valence-corrected chi connectivity index (χ1v) is 10.2. The van der Waals surface area contributed by atoms with Crippen LogP contribution in [0, 0.1) is 6.92 Å². The van der Waals surface area contributed by atoms with Crippen molar-refractivity contribution in [2.24, 2.45) is 0 Å². The summed E-state index contributed by atoms with van der Waals surface area (Å²) < 4.78 is 7.33. The van der Waals surface area contributed by atoms with Crippen LogP contribution >= 0.6 is 0 Å². The summed E-state index contributed by atoms with van der Waals surface area (Å²) in [6, 6.07) is 7.29. The summed E-state index contributed by atoms with van der Waals surface area (Å²) >= 11 is 0. The van der Waals surface area contributed by atoms with Crippen molar-refractivity contribution in [2.45, 2.75) is 32.9 Å². The van der Waals surface area contributed by atoms with Crippen molar-refractivity contribution in [1.82, 2.24) is 29.7 Å². The molecular formula is C22H25N7O. The van der Waals surface area contributed by atoms with E-state index in [0.717, 1.165) is 29.7 Å². The Hall–Kier alpha value is -3.26. The number of imidazole rings is 1. The van der Waals surface area contributed by atoms with Crippen LogP contribution in [0.1, 0.15) is 19.5 Å². The Morgan fingerprint density at radius 1 is 1.07 bits per heavy atom. The van der Waals surface area contributed by atoms with Crippen molar-refractivity contribution in [2.75, 3.05) is 25.1 Å². The molecule has 1 fully saturated rings. The monoisotopic (exact) mass is 403 g/mol. The van der Waals surface area contributed by atoms with Gasteiger partial charge in [0, 0.05) is 54.8 Å². The second-order valence-corrected chi connectivity index (χ2v) is 8.06. The van der Waals surface area contributed by atoms with Crippen LogP contribution in [-0.2, 0) is 0 Å². The number of aromatic nitrogens is 5. The SMILES string of the molecule is COc1nc(-c2ncc3cc(N4C[C@@H](C)N[C@H](C)C4)ccc3n2)cn2cc(C)nc12. The zero-order chi connectivity index (χ0) is 20.8. The van der Waals surface area contributed by atoms with E-state index in [1.54, 1.807) is 7.11 Å². The summed E-state index contributed by atoms with van der Waals surface area (Å²) in [6.45, 7) is 8.36. The number of ether oxygens (including phenoxy) is 1. The number of nitrogens with one attached hydrogen (secondary N) is 1. The van der Waals surface area contributed by atoms with Crippen LogP contribution in [0.3, 0.4) is 0 Å². The van der Waals surface area contributed by atoms with E-state index >= 15 is 0 Å². The van der Waals surface area contributed by atoms with Crippen LogP contribution in [0.5, 0.6) is 5.88 Å². The third-order valence-corrected chi connectivity index (χ3v) is 5.44. The number of rotatable bonds is 3. The predicted molar refractivity (Wildman–Crippen MR) is 117 cm³/mol. The van der Waals surface area contributed by atoms with Crippen LogP contribution in [-0.4, -0.2) is 56.6 Å². The Morgan fingerprint density at radius 2 is 1.87 bits per heavy atom. The van der Waals surface area contributed by atoms with Gasteiger partial charge >= 0.3 is 0 Å². The maximum absolute atomic E-state index is 5.43. The smallest absolute Gasteiger partial charge is 0.258 e. The lowest BCUT2D eigenvalue weighted by molar-refractivity contribution is 0.400. The molecule has 0 unspecified atom stereocenters. The second kappa shape index (κ2) is 7.21. The van der Waals surface area contributed by atoms with Crippen molar-refractivity contribution < 1.29 is 4.74 Å². The number of nitrogens with zero attached hydrogens (tertiary/aromatic N) is 6. The van der Waals surface area contributed by atoms with Crippen LogP contribution in [0.4, 0.5) is 5.69 Å². The van der Waals surface area contributed by atoms with Gasteiger partial charge in [-0.1, -0.05) is 0 Å². The zero-order valence-corrected chi connectivity index (χ0v) is 17.6. The number of aryl methyl sites for hydroxylation is 1. The first-order chi connectivity index (χ1) is 14.5. The van der Waals surface area contributed by atoms with E-state index in [1.807, 2.05) is 29.9 Å². The maximum Gasteiger partial charge on any atom is 0.258 e. The fraction of sp³-hybridized carbons (Fsp3) is 0.364. The molecule has 1 aliphatic rings. The van der Waals surface area contributed by atoms with Gasteiger partial charge in [-0.25, -0.2) is 19.9 Å². The molecule has 1 aromatic carbocycles. The van der Waals surface area contributed by atoms with Gasteiger partial charge in [0.1, 0.15) is 5.69 Å². The standard InChI is InChI=1S/C22H25N7O/c1-13-9-28(10-14(2)24-13)17-5-6-18-16(7-17)8-23-20(26-18)19-12-29-11-15(3)25-21(29)22(27-19)30-4/h5-8,11-14,24H,9-10H2,1-4H3/t13-,14-/m1/s1. The number of hydrogen-bond donors (Lipinski definition) is 1. The van der Waals surface area contributed by atoms with Crippen molar-refractivity contribution >= 4 is 22.2 Å². The average molecular weight is 403 g/mol. The molecule has 5 rings (SSSR count). The number of hydrogen-bond acceptors (Lipinski definition) is 7. The third kappa shape index (κ3) is 3.33. The highest BCUT2D eigenvalue weighted by Gasteiger charge is 2.21. The highest BCUT2D eigenvalue weighted by molar-refractivity contribution is 5.83. The van der Waals surface area contributed by atoms with Crippen molar-refractivity contribution in [1.29, 1.82) is 0 Å². The minimum Gasteiger partial charge on any atom is -0.478 e. The molecule has 8 nitrogen and oxygen atoms in total. The minimum absolute atomic E-state index is 0.460. The molecule has 2 atom stereocenters. The summed E-state index contributed by atoms with van der Waals surface area (Å²) in [5.74, 6) is 1.02. The molecule has 4 heterocycles. The van der Waals surface area contributed by atoms with Crippen LogP contribution < -0.4 is 15.0 Å². The van der Waals surface area contributed by atoms with Crippen molar-refractivity contribution in [3.63, 3.8) is 0 Å². The molecule has 0 saturated carbocycles. The minimum atomic E-state index is 0.460. The topological polar surface area (TPSA) is 80.5 Å². The first kappa shape index (κ1) is 18.7. The van der Waals surface area contributed by atoms with Crippen LogP contribution in [0.15, 0.2) is 36.8 Å². The van der Waals surface area contributed by atoms with E-state index in [0.29, 0.717) is 35.1 Å². The third-order valence-electron chi connectivity index (χ3n) is 5.44. The van der Waals surface area contributed by atoms with Gasteiger partial charge in [0.25, 0.3) is 5.88 Å². The molecule has 0 radical (unpaired) electrons. The van der Waals surface area contributed by atoms with Gasteiger partial charge in [-0.3, -0.25) is 4.40 Å². The molecule has 0 bridgehead atoms. The molecule has 8 heteroatoms. The number of benzene rings is 1. The molecule has 3 aromatic heterocycles. The summed E-state index contributed by atoms with van der Waals surface area (Å²) in [4.78, 5) is 20.8. The lowest BCUT2D eigenvalue weighted by Gasteiger charge is -2.37. The number of fused-ring (bicyclic) bond motifs is 2. The molecule has 0 spiro atoms. The normalized spacial score (nSPS) is 19.5. The quantitative estimate of drug-likeness (QED) is 0.563. The zero-order valence-electron chi connectivity index (χ0n) is 17.6. The molecule has 1 saturated heterocycles. The summed E-state index contributed by atoms with van der Waals surface area (Å²) in [5.41, 5.74) is 4.32. The van der Waals surface area contributed by atoms with E-state index in [1.165, 1.54) is 5.69 Å². The Kier molecular flexibility index (Phi) is 4.51. The Labute approximate surface area is 175 Å². The summed E-state index contributed by atoms with van der Waals surface area (Å²) in [6.07, 6.45) is 5.69. The predicted octanol–water partition coefficient (Wildman–Crippen LogP) is 2.84. The highest BCUT2D eigenvalue weighted by Crippen LogP contribution is 2.26. The second-order valence-electron chi connectivity index (χ2n) is 8.06. The van der Waals surface area contributed by atoms with Gasteiger partial charge in [0.2, 0.25) is 5.65 Å². The molecule has 1 N–H and O–H groups in total. The Balaban J connectivity index is 1.52. The maximum atomic E-state index is 5.43. The lowest BCUT2D eigenvalue weighted by atomic mass is 10.1. The average Bonchev–Trinajstić information content (AvgIpc) is 3.11. The van der Waals surface area contributed by atoms with Crippen molar-refractivity contribution in [3.8, 4) is 17.4 Å². The fourth-order valence-electron chi connectivity index (χ4n) is 4.22. The summed E-state index contributed by atoms with van der Waals surface area (Å²) in [7, 11) is 1.59. The van der Waals surface area contributed by atoms with E-state index in [9.17, 15) is 0 Å². The molecule has 4 aromatic rings. The number of piperazine rings is 1. The van der Waals surface area contributed by atoms with Gasteiger partial charge in [-0.15, -0.1) is 0 Å². The number of anilines is 1. The first-order valence-electron chi connectivity index (χ1n) is 10.2. The molecule has 0 amide bonds. The molecule has 30 heavy (non-hydrogen) atoms. The molecular weight excluding hydrogens is 378 g/mol. The van der Waals surface area contributed by atoms with Gasteiger partial charge in [0.05, 0.1) is 18.3 Å². The largest absolute Gasteiger partial charge is 0.478 e. The van der Waals surface area contributed by atoms with Crippen molar-refractivity contribution in [3.05, 3.63) is 42.5 Å².